The SMILES string of the molecule is Cc1cc(C)c(C(=O)P)c(C)c1.c1ccc(Oc2ccccc2)cc1. The minimum atomic E-state index is 0.0741. The van der Waals surface area contributed by atoms with Gasteiger partial charge in [-0.2, -0.15) is 0 Å². The minimum absolute atomic E-state index is 0.0741. The Labute approximate surface area is 152 Å². The molecular formula is C22H23O2P. The maximum atomic E-state index is 11.2. The van der Waals surface area contributed by atoms with Gasteiger partial charge in [-0.15, -0.1) is 0 Å². The van der Waals surface area contributed by atoms with Crippen LogP contribution in [0.25, 0.3) is 0 Å². The summed E-state index contributed by atoms with van der Waals surface area (Å²) in [5.41, 5.74) is 4.25. The van der Waals surface area contributed by atoms with E-state index in [1.165, 1.54) is 5.56 Å². The van der Waals surface area contributed by atoms with Gasteiger partial charge in [-0.1, -0.05) is 63.3 Å². The van der Waals surface area contributed by atoms with Crippen LogP contribution in [0.1, 0.15) is 27.0 Å². The number of hydrogen-bond acceptors (Lipinski definition) is 2. The molecule has 0 N–H and O–H groups in total. The lowest BCUT2D eigenvalue weighted by Gasteiger charge is -2.06. The average Bonchev–Trinajstić information content (AvgIpc) is 2.56. The third-order valence-electron chi connectivity index (χ3n) is 3.65. The Hall–Kier alpha value is -2.44. The first-order chi connectivity index (χ1) is 12.0. The van der Waals surface area contributed by atoms with Crippen molar-refractivity contribution in [3.05, 3.63) is 95.1 Å². The molecule has 3 heteroatoms. The number of carbonyl (C=O) groups is 1. The summed E-state index contributed by atoms with van der Waals surface area (Å²) < 4.78 is 5.58. The molecule has 0 saturated heterocycles. The molecule has 0 bridgehead atoms. The second kappa shape index (κ2) is 9.15. The van der Waals surface area contributed by atoms with E-state index in [1.807, 2.05) is 93.6 Å². The van der Waals surface area contributed by atoms with Gasteiger partial charge < -0.3 is 4.74 Å². The summed E-state index contributed by atoms with van der Waals surface area (Å²) in [6, 6.07) is 23.6. The first-order valence-electron chi connectivity index (χ1n) is 8.13. The molecule has 0 fully saturated rings. The molecule has 1 atom stereocenters. The standard InChI is InChI=1S/C12H10O.C10H13OP/c1-3-7-11(8-4-1)13-12-9-5-2-6-10-12;1-6-4-7(2)9(10(11)12)8(3)5-6/h1-10H;4-5H,12H2,1-3H3. The molecule has 0 radical (unpaired) electrons. The number of aryl methyl sites for hydroxylation is 3. The zero-order valence-electron chi connectivity index (χ0n) is 14.8. The Morgan fingerprint density at radius 1 is 0.760 bits per heavy atom. The van der Waals surface area contributed by atoms with Gasteiger partial charge in [0.25, 0.3) is 0 Å². The number of carbonyl (C=O) groups excluding carboxylic acids is 1. The number of ether oxygens (including phenoxy) is 1. The van der Waals surface area contributed by atoms with E-state index in [9.17, 15) is 4.79 Å². The fraction of sp³-hybridized carbons (Fsp3) is 0.136. The quantitative estimate of drug-likeness (QED) is 0.533. The molecule has 0 aromatic heterocycles. The van der Waals surface area contributed by atoms with Crippen LogP contribution in [-0.4, -0.2) is 5.52 Å². The molecule has 0 aliphatic carbocycles. The van der Waals surface area contributed by atoms with Gasteiger partial charge in [0, 0.05) is 5.56 Å². The normalized spacial score (nSPS) is 9.76. The Morgan fingerprint density at radius 2 is 1.16 bits per heavy atom. The largest absolute Gasteiger partial charge is 0.457 e. The molecule has 0 aliphatic rings. The summed E-state index contributed by atoms with van der Waals surface area (Å²) >= 11 is 0. The molecule has 3 rings (SSSR count). The summed E-state index contributed by atoms with van der Waals surface area (Å²) in [7, 11) is 2.22. The lowest BCUT2D eigenvalue weighted by Crippen LogP contribution is -1.97. The second-order valence-electron chi connectivity index (χ2n) is 5.87. The van der Waals surface area contributed by atoms with Gasteiger partial charge in [-0.25, -0.2) is 0 Å². The molecule has 0 saturated carbocycles. The fourth-order valence-corrected chi connectivity index (χ4v) is 3.14. The molecule has 0 heterocycles. The summed E-state index contributed by atoms with van der Waals surface area (Å²) in [4.78, 5) is 11.2. The third kappa shape index (κ3) is 5.85. The van der Waals surface area contributed by atoms with Crippen LogP contribution < -0.4 is 4.74 Å². The third-order valence-corrected chi connectivity index (χ3v) is 3.93. The molecule has 1 unspecified atom stereocenters. The summed E-state index contributed by atoms with van der Waals surface area (Å²) in [6.07, 6.45) is 0. The van der Waals surface area contributed by atoms with Crippen LogP contribution in [0, 0.1) is 20.8 Å². The predicted octanol–water partition coefficient (Wildman–Crippen LogP) is 6.11. The van der Waals surface area contributed by atoms with Crippen LogP contribution in [0.3, 0.4) is 0 Å². The molecular weight excluding hydrogens is 327 g/mol. The molecule has 3 aromatic rings. The van der Waals surface area contributed by atoms with E-state index in [0.29, 0.717) is 0 Å². The second-order valence-corrected chi connectivity index (χ2v) is 6.39. The zero-order valence-corrected chi connectivity index (χ0v) is 16.0. The Bertz CT molecular complexity index is 767. The highest BCUT2D eigenvalue weighted by Crippen LogP contribution is 2.20. The Kier molecular flexibility index (Phi) is 6.91. The van der Waals surface area contributed by atoms with Crippen molar-refractivity contribution in [1.82, 2.24) is 0 Å². The topological polar surface area (TPSA) is 26.3 Å². The van der Waals surface area contributed by atoms with Gasteiger partial charge in [-0.3, -0.25) is 4.79 Å². The highest BCUT2D eigenvalue weighted by atomic mass is 31.0. The van der Waals surface area contributed by atoms with E-state index in [-0.39, 0.29) is 5.52 Å². The van der Waals surface area contributed by atoms with Crippen molar-refractivity contribution in [1.29, 1.82) is 0 Å². The van der Waals surface area contributed by atoms with Gasteiger partial charge in [0.05, 0.1) is 0 Å². The Balaban J connectivity index is 0.000000181. The summed E-state index contributed by atoms with van der Waals surface area (Å²) in [5, 5.41) is 0. The van der Waals surface area contributed by atoms with Crippen molar-refractivity contribution >= 4 is 14.8 Å². The van der Waals surface area contributed by atoms with Crippen molar-refractivity contribution in [2.24, 2.45) is 0 Å². The highest BCUT2D eigenvalue weighted by Gasteiger charge is 2.07. The van der Waals surface area contributed by atoms with Crippen LogP contribution in [0.4, 0.5) is 0 Å². The van der Waals surface area contributed by atoms with E-state index >= 15 is 0 Å². The number of para-hydroxylation sites is 2. The first-order valence-corrected chi connectivity index (χ1v) is 8.70. The van der Waals surface area contributed by atoms with Crippen LogP contribution in [0.15, 0.2) is 72.8 Å². The fourth-order valence-electron chi connectivity index (χ4n) is 2.68. The lowest BCUT2D eigenvalue weighted by atomic mass is 10.0. The van der Waals surface area contributed by atoms with Crippen molar-refractivity contribution in [3.63, 3.8) is 0 Å². The van der Waals surface area contributed by atoms with E-state index in [2.05, 4.69) is 9.24 Å². The van der Waals surface area contributed by atoms with Crippen LogP contribution in [0.2, 0.25) is 0 Å². The van der Waals surface area contributed by atoms with Gasteiger partial charge in [0.1, 0.15) is 11.5 Å². The minimum Gasteiger partial charge on any atom is -0.457 e. The van der Waals surface area contributed by atoms with Crippen molar-refractivity contribution in [3.8, 4) is 11.5 Å². The van der Waals surface area contributed by atoms with Gasteiger partial charge in [0.2, 0.25) is 0 Å². The maximum Gasteiger partial charge on any atom is 0.178 e. The van der Waals surface area contributed by atoms with Crippen molar-refractivity contribution < 1.29 is 9.53 Å². The molecule has 3 aromatic carbocycles. The number of benzene rings is 3. The van der Waals surface area contributed by atoms with Crippen LogP contribution in [0.5, 0.6) is 11.5 Å². The molecule has 0 aliphatic heterocycles. The van der Waals surface area contributed by atoms with Crippen LogP contribution >= 0.6 is 9.24 Å². The smallest absolute Gasteiger partial charge is 0.178 e. The molecule has 0 amide bonds. The van der Waals surface area contributed by atoms with Crippen molar-refractivity contribution in [2.45, 2.75) is 20.8 Å². The van der Waals surface area contributed by atoms with Gasteiger partial charge >= 0.3 is 0 Å². The monoisotopic (exact) mass is 350 g/mol. The highest BCUT2D eigenvalue weighted by molar-refractivity contribution is 7.41. The van der Waals surface area contributed by atoms with Crippen molar-refractivity contribution in [2.75, 3.05) is 0 Å². The maximum absolute atomic E-state index is 11.2. The first kappa shape index (κ1) is 18.9. The Morgan fingerprint density at radius 3 is 1.52 bits per heavy atom. The van der Waals surface area contributed by atoms with E-state index in [4.69, 9.17) is 4.74 Å². The van der Waals surface area contributed by atoms with E-state index in [0.717, 1.165) is 28.2 Å². The van der Waals surface area contributed by atoms with Gasteiger partial charge in [0.15, 0.2) is 5.52 Å². The predicted molar refractivity (Wildman–Crippen MR) is 108 cm³/mol. The molecule has 0 spiro atoms. The number of rotatable bonds is 3. The van der Waals surface area contributed by atoms with Crippen LogP contribution in [-0.2, 0) is 0 Å². The summed E-state index contributed by atoms with van der Waals surface area (Å²) in [5.74, 6) is 1.74. The van der Waals surface area contributed by atoms with E-state index < -0.39 is 0 Å². The zero-order chi connectivity index (χ0) is 18.2. The average molecular weight is 350 g/mol. The molecule has 25 heavy (non-hydrogen) atoms. The number of hydrogen-bond donors (Lipinski definition) is 0. The molecule has 2 nitrogen and oxygen atoms in total. The van der Waals surface area contributed by atoms with Gasteiger partial charge in [-0.05, 0) is 56.2 Å². The summed E-state index contributed by atoms with van der Waals surface area (Å²) in [6.45, 7) is 5.98. The molecule has 128 valence electrons. The lowest BCUT2D eigenvalue weighted by molar-refractivity contribution is 0.108. The van der Waals surface area contributed by atoms with E-state index in [1.54, 1.807) is 0 Å².